The Morgan fingerprint density at radius 1 is 1.57 bits per heavy atom. The second-order valence-corrected chi connectivity index (χ2v) is 6.31. The molecule has 2 atom stereocenters. The van der Waals surface area contributed by atoms with E-state index < -0.39 is 16.0 Å². The fraction of sp³-hybridized carbons (Fsp3) is 1.00. The van der Waals surface area contributed by atoms with Crippen LogP contribution < -0.4 is 5.32 Å². The van der Waals surface area contributed by atoms with E-state index in [4.69, 9.17) is 0 Å². The van der Waals surface area contributed by atoms with Crippen molar-refractivity contribution >= 4 is 9.84 Å². The third-order valence-corrected chi connectivity index (χ3v) is 4.78. The van der Waals surface area contributed by atoms with Gasteiger partial charge in [-0.05, 0) is 32.7 Å². The summed E-state index contributed by atoms with van der Waals surface area (Å²) in [5.41, 5.74) is 0. The lowest BCUT2D eigenvalue weighted by Crippen LogP contribution is -2.40. The fourth-order valence-electron chi connectivity index (χ4n) is 1.62. The largest absolute Gasteiger partial charge is 0.315 e. The lowest BCUT2D eigenvalue weighted by atomic mass is 10.2. The maximum Gasteiger partial charge on any atom is 0.154 e. The van der Waals surface area contributed by atoms with Crippen molar-refractivity contribution in [2.24, 2.45) is 0 Å². The van der Waals surface area contributed by atoms with Crippen LogP contribution in [0.3, 0.4) is 0 Å². The normalized spacial score (nSPS) is 26.0. The molecule has 0 aromatic rings. The summed E-state index contributed by atoms with van der Waals surface area (Å²) in [4.78, 5) is 0. The summed E-state index contributed by atoms with van der Waals surface area (Å²) in [5, 5.41) is 2.76. The number of nitrogens with one attached hydrogen (secondary N) is 1. The second-order valence-electron chi connectivity index (χ2n) is 3.90. The van der Waals surface area contributed by atoms with Gasteiger partial charge in [0.05, 0.1) is 17.2 Å². The molecule has 0 radical (unpaired) electrons. The number of alkyl halides is 1. The molecular weight excluding hydrogens is 205 g/mol. The average Bonchev–Trinajstić information content (AvgIpc) is 2.16. The Hall–Kier alpha value is -0.160. The summed E-state index contributed by atoms with van der Waals surface area (Å²) in [5.74, 6) is -0.0169. The molecule has 14 heavy (non-hydrogen) atoms. The van der Waals surface area contributed by atoms with Gasteiger partial charge in [0, 0.05) is 6.54 Å². The molecule has 1 rings (SSSR count). The average molecular weight is 223 g/mol. The molecule has 5 heteroatoms. The lowest BCUT2D eigenvalue weighted by Gasteiger charge is -2.22. The van der Waals surface area contributed by atoms with Crippen molar-refractivity contribution in [3.05, 3.63) is 0 Å². The van der Waals surface area contributed by atoms with Crippen molar-refractivity contribution in [3.63, 3.8) is 0 Å². The van der Waals surface area contributed by atoms with E-state index in [0.29, 0.717) is 6.54 Å². The van der Waals surface area contributed by atoms with E-state index in [-0.39, 0.29) is 17.4 Å². The maximum absolute atomic E-state index is 12.5. The summed E-state index contributed by atoms with van der Waals surface area (Å²) in [6.45, 7) is 2.82. The van der Waals surface area contributed by atoms with E-state index in [1.165, 1.54) is 6.92 Å². The van der Waals surface area contributed by atoms with Gasteiger partial charge in [0.2, 0.25) is 0 Å². The van der Waals surface area contributed by atoms with Crippen LogP contribution in [0.4, 0.5) is 4.39 Å². The Bertz CT molecular complexity index is 258. The second kappa shape index (κ2) is 5.07. The molecule has 0 amide bonds. The van der Waals surface area contributed by atoms with Crippen molar-refractivity contribution in [2.75, 3.05) is 18.8 Å². The number of piperidine rings is 1. The van der Waals surface area contributed by atoms with E-state index in [1.807, 2.05) is 0 Å². The molecule has 0 saturated carbocycles. The lowest BCUT2D eigenvalue weighted by molar-refractivity contribution is 0.352. The van der Waals surface area contributed by atoms with Gasteiger partial charge in [-0.2, -0.15) is 0 Å². The Labute approximate surface area is 85.0 Å². The van der Waals surface area contributed by atoms with E-state index in [0.717, 1.165) is 19.4 Å². The van der Waals surface area contributed by atoms with Crippen molar-refractivity contribution in [1.82, 2.24) is 5.32 Å². The van der Waals surface area contributed by atoms with Gasteiger partial charge in [-0.1, -0.05) is 0 Å². The van der Waals surface area contributed by atoms with E-state index in [1.54, 1.807) is 0 Å². The van der Waals surface area contributed by atoms with E-state index in [9.17, 15) is 12.8 Å². The van der Waals surface area contributed by atoms with Gasteiger partial charge in [0.15, 0.2) is 9.84 Å². The first-order chi connectivity index (χ1) is 6.52. The standard InChI is InChI=1S/C9H18FNO2S/c1-8(10)4-6-14(12,13)9-3-2-5-11-7-9/h8-9,11H,2-7H2,1H3. The van der Waals surface area contributed by atoms with Crippen LogP contribution in [0.25, 0.3) is 0 Å². The fourth-order valence-corrected chi connectivity index (χ4v) is 3.50. The predicted molar refractivity (Wildman–Crippen MR) is 54.9 cm³/mol. The van der Waals surface area contributed by atoms with Crippen molar-refractivity contribution in [1.29, 1.82) is 0 Å². The highest BCUT2D eigenvalue weighted by Crippen LogP contribution is 2.14. The Morgan fingerprint density at radius 3 is 2.79 bits per heavy atom. The molecule has 0 aromatic heterocycles. The summed E-state index contributed by atoms with van der Waals surface area (Å²) < 4.78 is 35.9. The van der Waals surface area contributed by atoms with Crippen LogP contribution >= 0.6 is 0 Å². The predicted octanol–water partition coefficient (Wildman–Crippen LogP) is 0.901. The monoisotopic (exact) mass is 223 g/mol. The number of sulfone groups is 1. The highest BCUT2D eigenvalue weighted by Gasteiger charge is 2.27. The van der Waals surface area contributed by atoms with Gasteiger partial charge in [-0.15, -0.1) is 0 Å². The zero-order valence-electron chi connectivity index (χ0n) is 8.50. The van der Waals surface area contributed by atoms with Gasteiger partial charge < -0.3 is 5.32 Å². The number of rotatable bonds is 4. The first-order valence-electron chi connectivity index (χ1n) is 5.09. The van der Waals surface area contributed by atoms with E-state index >= 15 is 0 Å². The molecule has 1 fully saturated rings. The first kappa shape index (κ1) is 11.9. The molecule has 1 saturated heterocycles. The smallest absolute Gasteiger partial charge is 0.154 e. The summed E-state index contributed by atoms with van der Waals surface area (Å²) in [6.07, 6.45) is 0.713. The highest BCUT2D eigenvalue weighted by atomic mass is 32.2. The van der Waals surface area contributed by atoms with Gasteiger partial charge in [-0.25, -0.2) is 12.8 Å². The molecule has 1 N–H and O–H groups in total. The van der Waals surface area contributed by atoms with Gasteiger partial charge in [0.1, 0.15) is 0 Å². The molecule has 0 bridgehead atoms. The Kier molecular flexibility index (Phi) is 4.31. The topological polar surface area (TPSA) is 46.2 Å². The van der Waals surface area contributed by atoms with Crippen LogP contribution in [0.15, 0.2) is 0 Å². The molecule has 1 aliphatic heterocycles. The summed E-state index contributed by atoms with van der Waals surface area (Å²) in [7, 11) is -3.08. The van der Waals surface area contributed by atoms with E-state index in [2.05, 4.69) is 5.32 Å². The minimum Gasteiger partial charge on any atom is -0.315 e. The van der Waals surface area contributed by atoms with Crippen LogP contribution in [0, 0.1) is 0 Å². The van der Waals surface area contributed by atoms with Gasteiger partial charge >= 0.3 is 0 Å². The number of halogens is 1. The van der Waals surface area contributed by atoms with Gasteiger partial charge in [-0.3, -0.25) is 0 Å². The molecule has 0 aliphatic carbocycles. The third kappa shape index (κ3) is 3.53. The summed E-state index contributed by atoms with van der Waals surface area (Å²) >= 11 is 0. The van der Waals surface area contributed by atoms with Crippen LogP contribution in [0.2, 0.25) is 0 Å². The molecule has 3 nitrogen and oxygen atoms in total. The van der Waals surface area contributed by atoms with Crippen molar-refractivity contribution < 1.29 is 12.8 Å². The van der Waals surface area contributed by atoms with Crippen LogP contribution in [0.5, 0.6) is 0 Å². The molecule has 1 heterocycles. The quantitative estimate of drug-likeness (QED) is 0.770. The minimum absolute atomic E-state index is 0.0169. The molecule has 1 aliphatic rings. The van der Waals surface area contributed by atoms with Gasteiger partial charge in [0.25, 0.3) is 0 Å². The minimum atomic E-state index is -3.08. The van der Waals surface area contributed by atoms with Crippen LogP contribution in [-0.2, 0) is 9.84 Å². The Morgan fingerprint density at radius 2 is 2.29 bits per heavy atom. The SMILES string of the molecule is CC(F)CCS(=O)(=O)C1CCCNC1. The third-order valence-electron chi connectivity index (χ3n) is 2.56. The van der Waals surface area contributed by atoms with Crippen LogP contribution in [-0.4, -0.2) is 38.7 Å². The molecule has 0 spiro atoms. The molecule has 0 aromatic carbocycles. The maximum atomic E-state index is 12.5. The highest BCUT2D eigenvalue weighted by molar-refractivity contribution is 7.92. The van der Waals surface area contributed by atoms with Crippen LogP contribution in [0.1, 0.15) is 26.2 Å². The zero-order chi connectivity index (χ0) is 10.6. The first-order valence-corrected chi connectivity index (χ1v) is 6.80. The van der Waals surface area contributed by atoms with Crippen molar-refractivity contribution in [3.8, 4) is 0 Å². The number of hydrogen-bond acceptors (Lipinski definition) is 3. The molecular formula is C9H18FNO2S. The Balaban J connectivity index is 2.46. The number of hydrogen-bond donors (Lipinski definition) is 1. The molecule has 2 unspecified atom stereocenters. The molecule has 84 valence electrons. The summed E-state index contributed by atoms with van der Waals surface area (Å²) in [6, 6.07) is 0. The van der Waals surface area contributed by atoms with Crippen molar-refractivity contribution in [2.45, 2.75) is 37.6 Å². The zero-order valence-corrected chi connectivity index (χ0v) is 9.32.